The second kappa shape index (κ2) is 6.31. The molecule has 1 heterocycles. The van der Waals surface area contributed by atoms with Crippen LogP contribution in [0, 0.1) is 0 Å². The van der Waals surface area contributed by atoms with Crippen LogP contribution in [0.3, 0.4) is 0 Å². The van der Waals surface area contributed by atoms with Gasteiger partial charge in [-0.15, -0.1) is 18.3 Å². The number of nitrogens with one attached hydrogen (secondary N) is 1. The van der Waals surface area contributed by atoms with Crippen molar-refractivity contribution in [2.24, 2.45) is 0 Å². The smallest absolute Gasteiger partial charge is 0.130 e. The van der Waals surface area contributed by atoms with Gasteiger partial charge in [0.25, 0.3) is 0 Å². The maximum absolute atomic E-state index is 4.34. The van der Waals surface area contributed by atoms with E-state index in [9.17, 15) is 0 Å². The fourth-order valence-corrected chi connectivity index (χ4v) is 2.28. The molecular formula is C14H17N3S. The van der Waals surface area contributed by atoms with Gasteiger partial charge in [-0.05, 0) is 19.1 Å². The van der Waals surface area contributed by atoms with E-state index in [4.69, 9.17) is 0 Å². The van der Waals surface area contributed by atoms with Crippen molar-refractivity contribution in [3.8, 4) is 5.69 Å². The lowest BCUT2D eigenvalue weighted by Gasteiger charge is -2.15. The molecular weight excluding hydrogens is 242 g/mol. The van der Waals surface area contributed by atoms with Crippen molar-refractivity contribution in [2.75, 3.05) is 11.1 Å². The molecule has 0 aliphatic rings. The van der Waals surface area contributed by atoms with Crippen LogP contribution >= 0.6 is 11.8 Å². The van der Waals surface area contributed by atoms with E-state index in [1.54, 1.807) is 6.20 Å². The molecule has 0 radical (unpaired) electrons. The largest absolute Gasteiger partial charge is 0.358 e. The first-order valence-corrected chi connectivity index (χ1v) is 6.94. The molecule has 0 spiro atoms. The zero-order valence-corrected chi connectivity index (χ0v) is 11.2. The van der Waals surface area contributed by atoms with Crippen molar-refractivity contribution in [1.29, 1.82) is 0 Å². The first-order chi connectivity index (χ1) is 8.81. The Morgan fingerprint density at radius 2 is 2.17 bits per heavy atom. The van der Waals surface area contributed by atoms with Crippen LogP contribution in [0.2, 0.25) is 0 Å². The van der Waals surface area contributed by atoms with Crippen LogP contribution in [-0.4, -0.2) is 20.9 Å². The number of nitrogens with zero attached hydrogens (tertiary/aromatic N) is 2. The second-order valence-corrected chi connectivity index (χ2v) is 5.25. The molecule has 0 bridgehead atoms. The van der Waals surface area contributed by atoms with E-state index in [-0.39, 0.29) is 0 Å². The fourth-order valence-electron chi connectivity index (χ4n) is 1.65. The van der Waals surface area contributed by atoms with Gasteiger partial charge in [0.2, 0.25) is 0 Å². The van der Waals surface area contributed by atoms with Gasteiger partial charge in [-0.1, -0.05) is 24.3 Å². The van der Waals surface area contributed by atoms with Crippen molar-refractivity contribution < 1.29 is 0 Å². The van der Waals surface area contributed by atoms with E-state index >= 15 is 0 Å². The highest BCUT2D eigenvalue weighted by Gasteiger charge is 2.07. The van der Waals surface area contributed by atoms with Crippen LogP contribution in [0.1, 0.15) is 6.92 Å². The molecule has 1 atom stereocenters. The molecule has 2 aromatic rings. The molecule has 0 saturated carbocycles. The Morgan fingerprint density at radius 3 is 2.89 bits per heavy atom. The summed E-state index contributed by atoms with van der Waals surface area (Å²) in [7, 11) is 0. The van der Waals surface area contributed by atoms with Crippen molar-refractivity contribution in [3.63, 3.8) is 0 Å². The third kappa shape index (κ3) is 3.17. The fraction of sp³-hybridized carbons (Fsp3) is 0.214. The lowest BCUT2D eigenvalue weighted by molar-refractivity contribution is 0.873. The molecule has 0 fully saturated rings. The average molecular weight is 259 g/mol. The Bertz CT molecular complexity index is 493. The van der Waals surface area contributed by atoms with E-state index < -0.39 is 0 Å². The van der Waals surface area contributed by atoms with E-state index in [0.29, 0.717) is 5.37 Å². The Kier molecular flexibility index (Phi) is 4.47. The summed E-state index contributed by atoms with van der Waals surface area (Å²) in [6.45, 7) is 5.86. The molecule has 0 aliphatic carbocycles. The van der Waals surface area contributed by atoms with Gasteiger partial charge in [-0.25, -0.2) is 4.68 Å². The molecule has 4 heteroatoms. The van der Waals surface area contributed by atoms with Gasteiger partial charge < -0.3 is 5.32 Å². The standard InChI is InChI=1S/C14H17N3S/c1-3-11-18-12(2)16-14-9-10-15-17(14)13-7-5-4-6-8-13/h3-10,12,16H,1,11H2,2H3. The maximum Gasteiger partial charge on any atom is 0.130 e. The van der Waals surface area contributed by atoms with Crippen LogP contribution in [-0.2, 0) is 0 Å². The van der Waals surface area contributed by atoms with E-state index in [1.165, 1.54) is 0 Å². The molecule has 0 amide bonds. The Morgan fingerprint density at radius 1 is 1.39 bits per heavy atom. The quantitative estimate of drug-likeness (QED) is 0.635. The predicted molar refractivity (Wildman–Crippen MR) is 79.3 cm³/mol. The number of hydrogen-bond donors (Lipinski definition) is 1. The molecule has 0 saturated heterocycles. The van der Waals surface area contributed by atoms with Crippen molar-refractivity contribution in [3.05, 3.63) is 55.3 Å². The summed E-state index contributed by atoms with van der Waals surface area (Å²) in [6, 6.07) is 12.1. The lowest BCUT2D eigenvalue weighted by Crippen LogP contribution is -2.14. The van der Waals surface area contributed by atoms with Gasteiger partial charge in [-0.2, -0.15) is 5.10 Å². The van der Waals surface area contributed by atoms with Crippen LogP contribution in [0.25, 0.3) is 5.69 Å². The van der Waals surface area contributed by atoms with Crippen LogP contribution in [0.4, 0.5) is 5.82 Å². The van der Waals surface area contributed by atoms with Crippen molar-refractivity contribution in [1.82, 2.24) is 9.78 Å². The monoisotopic (exact) mass is 259 g/mol. The first kappa shape index (κ1) is 12.8. The molecule has 3 nitrogen and oxygen atoms in total. The number of benzene rings is 1. The number of anilines is 1. The van der Waals surface area contributed by atoms with E-state index in [2.05, 4.69) is 23.9 Å². The van der Waals surface area contributed by atoms with Crippen LogP contribution in [0.15, 0.2) is 55.3 Å². The highest BCUT2D eigenvalue weighted by molar-refractivity contribution is 8.00. The van der Waals surface area contributed by atoms with Crippen LogP contribution in [0.5, 0.6) is 0 Å². The average Bonchev–Trinajstić information content (AvgIpc) is 2.85. The maximum atomic E-state index is 4.34. The number of hydrogen-bond acceptors (Lipinski definition) is 3. The molecule has 94 valence electrons. The number of rotatable bonds is 6. The summed E-state index contributed by atoms with van der Waals surface area (Å²) in [5, 5.41) is 8.11. The molecule has 1 N–H and O–H groups in total. The molecule has 1 unspecified atom stereocenters. The van der Waals surface area contributed by atoms with Gasteiger partial charge in [-0.3, -0.25) is 0 Å². The molecule has 1 aromatic heterocycles. The second-order valence-electron chi connectivity index (χ2n) is 3.87. The third-order valence-electron chi connectivity index (χ3n) is 2.46. The molecule has 0 aliphatic heterocycles. The summed E-state index contributed by atoms with van der Waals surface area (Å²) >= 11 is 1.81. The minimum atomic E-state index is 0.321. The zero-order chi connectivity index (χ0) is 12.8. The Balaban J connectivity index is 2.11. The zero-order valence-electron chi connectivity index (χ0n) is 10.4. The summed E-state index contributed by atoms with van der Waals surface area (Å²) in [5.74, 6) is 1.94. The highest BCUT2D eigenvalue weighted by Crippen LogP contribution is 2.18. The van der Waals surface area contributed by atoms with Crippen molar-refractivity contribution >= 4 is 17.6 Å². The topological polar surface area (TPSA) is 29.9 Å². The lowest BCUT2D eigenvalue weighted by atomic mass is 10.3. The molecule has 2 rings (SSSR count). The minimum absolute atomic E-state index is 0.321. The van der Waals surface area contributed by atoms with Gasteiger partial charge in [0.15, 0.2) is 0 Å². The Labute approximate surface area is 112 Å². The number of aromatic nitrogens is 2. The summed E-state index contributed by atoms with van der Waals surface area (Å²) < 4.78 is 1.91. The number of thioether (sulfide) groups is 1. The van der Waals surface area contributed by atoms with Gasteiger partial charge in [0, 0.05) is 11.8 Å². The predicted octanol–water partition coefficient (Wildman–Crippen LogP) is 3.55. The van der Waals surface area contributed by atoms with E-state index in [1.807, 2.05) is 58.9 Å². The van der Waals surface area contributed by atoms with Gasteiger partial charge >= 0.3 is 0 Å². The summed E-state index contributed by atoms with van der Waals surface area (Å²) in [4.78, 5) is 0. The Hall–Kier alpha value is -1.68. The third-order valence-corrected chi connectivity index (χ3v) is 3.50. The van der Waals surface area contributed by atoms with Gasteiger partial charge in [0.1, 0.15) is 5.82 Å². The minimum Gasteiger partial charge on any atom is -0.358 e. The van der Waals surface area contributed by atoms with E-state index in [0.717, 1.165) is 17.3 Å². The SMILES string of the molecule is C=CCSC(C)Nc1ccnn1-c1ccccc1. The normalized spacial score (nSPS) is 12.1. The van der Waals surface area contributed by atoms with Gasteiger partial charge in [0.05, 0.1) is 17.3 Å². The summed E-state index contributed by atoms with van der Waals surface area (Å²) in [5.41, 5.74) is 1.06. The summed E-state index contributed by atoms with van der Waals surface area (Å²) in [6.07, 6.45) is 3.72. The highest BCUT2D eigenvalue weighted by atomic mass is 32.2. The molecule has 1 aromatic carbocycles. The molecule has 18 heavy (non-hydrogen) atoms. The van der Waals surface area contributed by atoms with Crippen molar-refractivity contribution in [2.45, 2.75) is 12.3 Å². The van der Waals surface area contributed by atoms with Crippen LogP contribution < -0.4 is 5.32 Å². The number of para-hydroxylation sites is 1. The first-order valence-electron chi connectivity index (χ1n) is 5.90.